The Morgan fingerprint density at radius 3 is 2.23 bits per heavy atom. The topological polar surface area (TPSA) is 26.8 Å². The fourth-order valence-corrected chi connectivity index (χ4v) is 3.99. The van der Waals surface area contributed by atoms with Crippen LogP contribution in [0.2, 0.25) is 5.02 Å². The van der Waals surface area contributed by atoms with Crippen molar-refractivity contribution in [2.75, 3.05) is 39.8 Å². The van der Waals surface area contributed by atoms with Crippen LogP contribution in [0.4, 0.5) is 0 Å². The summed E-state index contributed by atoms with van der Waals surface area (Å²) < 4.78 is 0. The molecule has 0 unspecified atom stereocenters. The van der Waals surface area contributed by atoms with Crippen molar-refractivity contribution >= 4 is 17.5 Å². The monoisotopic (exact) mass is 369 g/mol. The van der Waals surface area contributed by atoms with E-state index in [4.69, 9.17) is 11.6 Å². The average Bonchev–Trinajstić information content (AvgIpc) is 2.66. The molecule has 2 saturated heterocycles. The molecule has 2 heterocycles. The number of halogens is 1. The lowest BCUT2D eigenvalue weighted by Gasteiger charge is -2.45. The van der Waals surface area contributed by atoms with Gasteiger partial charge in [0.05, 0.1) is 0 Å². The summed E-state index contributed by atoms with van der Waals surface area (Å²) in [6.07, 6.45) is 0. The maximum absolute atomic E-state index is 12.4. The summed E-state index contributed by atoms with van der Waals surface area (Å²) in [7, 11) is 1.91. The summed E-state index contributed by atoms with van der Waals surface area (Å²) in [5, 5.41) is 0.757. The smallest absolute Gasteiger partial charge is 0.241 e. The maximum atomic E-state index is 12.4. The van der Waals surface area contributed by atoms with E-state index in [9.17, 15) is 4.79 Å². The van der Waals surface area contributed by atoms with Crippen LogP contribution in [0.25, 0.3) is 11.1 Å². The molecule has 2 aromatic rings. The molecule has 5 heteroatoms. The summed E-state index contributed by atoms with van der Waals surface area (Å²) in [6, 6.07) is 16.6. The van der Waals surface area contributed by atoms with Crippen molar-refractivity contribution in [2.24, 2.45) is 0 Å². The Morgan fingerprint density at radius 2 is 1.54 bits per heavy atom. The summed E-state index contributed by atoms with van der Waals surface area (Å²) in [5.74, 6) is 0.263. The molecule has 2 aliphatic heterocycles. The molecule has 0 aliphatic carbocycles. The van der Waals surface area contributed by atoms with Crippen LogP contribution >= 0.6 is 11.6 Å². The summed E-state index contributed by atoms with van der Waals surface area (Å²) >= 11 is 5.96. The molecule has 0 radical (unpaired) electrons. The predicted molar refractivity (Wildman–Crippen MR) is 105 cm³/mol. The van der Waals surface area contributed by atoms with E-state index in [-0.39, 0.29) is 11.9 Å². The van der Waals surface area contributed by atoms with E-state index < -0.39 is 0 Å². The molecular weight excluding hydrogens is 346 g/mol. The number of likely N-dealkylation sites (N-methyl/N-ethyl adjacent to an activating group) is 1. The normalized spacial score (nSPS) is 21.7. The number of carbonyl (C=O) groups excluding carboxylic acids is 1. The highest BCUT2D eigenvalue weighted by Crippen LogP contribution is 2.23. The van der Waals surface area contributed by atoms with Gasteiger partial charge in [-0.2, -0.15) is 0 Å². The van der Waals surface area contributed by atoms with Gasteiger partial charge >= 0.3 is 0 Å². The molecule has 0 saturated carbocycles. The van der Waals surface area contributed by atoms with Crippen LogP contribution in [0.3, 0.4) is 0 Å². The number of nitrogens with zero attached hydrogens (tertiary/aromatic N) is 3. The highest BCUT2D eigenvalue weighted by atomic mass is 35.5. The number of carbonyl (C=O) groups is 1. The van der Waals surface area contributed by atoms with Crippen molar-refractivity contribution in [3.05, 3.63) is 59.1 Å². The Morgan fingerprint density at radius 1 is 0.923 bits per heavy atom. The van der Waals surface area contributed by atoms with Crippen LogP contribution in [0.1, 0.15) is 5.56 Å². The van der Waals surface area contributed by atoms with Gasteiger partial charge in [-0.15, -0.1) is 0 Å². The first kappa shape index (κ1) is 17.5. The van der Waals surface area contributed by atoms with E-state index in [1.807, 2.05) is 36.2 Å². The maximum Gasteiger partial charge on any atom is 0.241 e. The molecule has 4 rings (SSSR count). The summed E-state index contributed by atoms with van der Waals surface area (Å²) in [5.41, 5.74) is 3.65. The van der Waals surface area contributed by atoms with Crippen molar-refractivity contribution in [3.8, 4) is 11.1 Å². The molecule has 26 heavy (non-hydrogen) atoms. The lowest BCUT2D eigenvalue weighted by atomic mass is 10.0. The van der Waals surface area contributed by atoms with Crippen LogP contribution in [0.15, 0.2) is 48.5 Å². The zero-order chi connectivity index (χ0) is 18.1. The Bertz CT molecular complexity index is 775. The number of piperazine rings is 2. The molecule has 2 aliphatic rings. The van der Waals surface area contributed by atoms with E-state index in [2.05, 4.69) is 34.1 Å². The van der Waals surface area contributed by atoms with E-state index in [0.717, 1.165) is 44.3 Å². The summed E-state index contributed by atoms with van der Waals surface area (Å²) in [4.78, 5) is 19.0. The average molecular weight is 370 g/mol. The number of fused-ring (bicyclic) bond motifs is 1. The predicted octanol–water partition coefficient (Wildman–Crippen LogP) is 2.97. The molecule has 2 aromatic carbocycles. The van der Waals surface area contributed by atoms with Gasteiger partial charge < -0.3 is 4.90 Å². The van der Waals surface area contributed by atoms with Gasteiger partial charge in [0.1, 0.15) is 6.04 Å². The minimum Gasteiger partial charge on any atom is -0.343 e. The van der Waals surface area contributed by atoms with Gasteiger partial charge in [0.25, 0.3) is 0 Å². The van der Waals surface area contributed by atoms with E-state index in [1.54, 1.807) is 0 Å². The molecule has 4 nitrogen and oxygen atoms in total. The lowest BCUT2D eigenvalue weighted by Crippen LogP contribution is -2.63. The van der Waals surface area contributed by atoms with Gasteiger partial charge in [0, 0.05) is 51.3 Å². The number of amides is 1. The van der Waals surface area contributed by atoms with Crippen LogP contribution < -0.4 is 0 Å². The fraction of sp³-hybridized carbons (Fsp3) is 0.381. The van der Waals surface area contributed by atoms with E-state index >= 15 is 0 Å². The van der Waals surface area contributed by atoms with Crippen molar-refractivity contribution in [1.29, 1.82) is 0 Å². The Balaban J connectivity index is 1.41. The number of rotatable bonds is 3. The zero-order valence-electron chi connectivity index (χ0n) is 15.1. The van der Waals surface area contributed by atoms with E-state index in [1.165, 1.54) is 16.7 Å². The SMILES string of the molecule is CN1CCN2CCN(Cc3ccc(-c4ccc(Cl)cc4)cc3)C[C@H]2C1=O. The number of benzene rings is 2. The highest BCUT2D eigenvalue weighted by molar-refractivity contribution is 6.30. The Hall–Kier alpha value is -1.88. The van der Waals surface area contributed by atoms with Crippen molar-refractivity contribution in [3.63, 3.8) is 0 Å². The highest BCUT2D eigenvalue weighted by Gasteiger charge is 2.36. The van der Waals surface area contributed by atoms with Crippen molar-refractivity contribution in [1.82, 2.24) is 14.7 Å². The van der Waals surface area contributed by atoms with Gasteiger partial charge in [-0.05, 0) is 28.8 Å². The first-order chi connectivity index (χ1) is 12.6. The van der Waals surface area contributed by atoms with Crippen LogP contribution in [0, 0.1) is 0 Å². The fourth-order valence-electron chi connectivity index (χ4n) is 3.87. The molecule has 136 valence electrons. The van der Waals surface area contributed by atoms with Gasteiger partial charge in [-0.3, -0.25) is 14.6 Å². The molecule has 1 amide bonds. The molecular formula is C21H24ClN3O. The first-order valence-corrected chi connectivity index (χ1v) is 9.54. The summed E-state index contributed by atoms with van der Waals surface area (Å²) in [6.45, 7) is 5.56. The third kappa shape index (κ3) is 3.63. The quantitative estimate of drug-likeness (QED) is 0.832. The largest absolute Gasteiger partial charge is 0.343 e. The molecule has 0 aromatic heterocycles. The van der Waals surface area contributed by atoms with Crippen molar-refractivity contribution < 1.29 is 4.79 Å². The minimum absolute atomic E-state index is 0.0239. The van der Waals surface area contributed by atoms with Gasteiger partial charge in [-0.25, -0.2) is 0 Å². The van der Waals surface area contributed by atoms with Gasteiger partial charge in [-0.1, -0.05) is 48.0 Å². The second-order valence-corrected chi connectivity index (χ2v) is 7.69. The van der Waals surface area contributed by atoms with Gasteiger partial charge in [0.15, 0.2) is 0 Å². The number of hydrogen-bond acceptors (Lipinski definition) is 3. The zero-order valence-corrected chi connectivity index (χ0v) is 15.8. The van der Waals surface area contributed by atoms with E-state index in [0.29, 0.717) is 0 Å². The number of hydrogen-bond donors (Lipinski definition) is 0. The third-order valence-corrected chi connectivity index (χ3v) is 5.75. The van der Waals surface area contributed by atoms with Crippen LogP contribution in [-0.2, 0) is 11.3 Å². The second-order valence-electron chi connectivity index (χ2n) is 7.25. The minimum atomic E-state index is 0.0239. The first-order valence-electron chi connectivity index (χ1n) is 9.16. The molecule has 0 bridgehead atoms. The van der Waals surface area contributed by atoms with Crippen LogP contribution in [0.5, 0.6) is 0 Å². The standard InChI is InChI=1S/C21H24ClN3O/c1-23-10-12-25-13-11-24(15-20(25)21(23)26)14-16-2-4-17(5-3-16)18-6-8-19(22)9-7-18/h2-9,20H,10-15H2,1H3/t20-/m0/s1. The second kappa shape index (κ2) is 7.39. The molecule has 0 N–H and O–H groups in total. The molecule has 0 spiro atoms. The third-order valence-electron chi connectivity index (χ3n) is 5.50. The molecule has 1 atom stereocenters. The van der Waals surface area contributed by atoms with Gasteiger partial charge in [0.2, 0.25) is 5.91 Å². The molecule has 2 fully saturated rings. The Kier molecular flexibility index (Phi) is 4.98. The Labute approximate surface area is 160 Å². The van der Waals surface area contributed by atoms with Crippen LogP contribution in [-0.4, -0.2) is 66.4 Å². The lowest BCUT2D eigenvalue weighted by molar-refractivity contribution is -0.143. The van der Waals surface area contributed by atoms with Crippen molar-refractivity contribution in [2.45, 2.75) is 12.6 Å².